The van der Waals surface area contributed by atoms with Gasteiger partial charge in [-0.25, -0.2) is 9.59 Å². The van der Waals surface area contributed by atoms with E-state index in [2.05, 4.69) is 5.32 Å². The smallest absolute Gasteiger partial charge is 0.337 e. The first-order valence-corrected chi connectivity index (χ1v) is 6.44. The molecule has 2 rings (SSSR count). The maximum atomic E-state index is 12.0. The highest BCUT2D eigenvalue weighted by molar-refractivity contribution is 5.94. The first kappa shape index (κ1) is 15.5. The predicted molar refractivity (Wildman–Crippen MR) is 76.8 cm³/mol. The van der Waals surface area contributed by atoms with E-state index >= 15 is 0 Å². The summed E-state index contributed by atoms with van der Waals surface area (Å²) in [5.41, 5.74) is 1.00. The number of ether oxygens (including phenoxy) is 1. The number of nitro benzene ring substituents is 1. The lowest BCUT2D eigenvalue weighted by Crippen LogP contribution is -2.46. The maximum Gasteiger partial charge on any atom is 0.337 e. The second kappa shape index (κ2) is 5.84. The van der Waals surface area contributed by atoms with Crippen LogP contribution in [-0.4, -0.2) is 36.0 Å². The van der Waals surface area contributed by atoms with Crippen molar-refractivity contribution in [3.63, 3.8) is 0 Å². The zero-order valence-electron chi connectivity index (χ0n) is 12.3. The van der Waals surface area contributed by atoms with Gasteiger partial charge in [0.1, 0.15) is 0 Å². The molecule has 0 unspecified atom stereocenters. The van der Waals surface area contributed by atoms with E-state index in [9.17, 15) is 19.7 Å². The number of allylic oxidation sites excluding steroid dienone is 1. The Morgan fingerprint density at radius 1 is 1.45 bits per heavy atom. The first-order valence-electron chi connectivity index (χ1n) is 6.44. The van der Waals surface area contributed by atoms with Crippen LogP contribution < -0.4 is 5.32 Å². The molecule has 2 amide bonds. The Kier molecular flexibility index (Phi) is 4.11. The molecule has 116 valence electrons. The van der Waals surface area contributed by atoms with Crippen molar-refractivity contribution in [2.45, 2.75) is 13.0 Å². The van der Waals surface area contributed by atoms with Gasteiger partial charge in [-0.2, -0.15) is 0 Å². The minimum atomic E-state index is -0.795. The van der Waals surface area contributed by atoms with Gasteiger partial charge >= 0.3 is 12.0 Å². The number of amides is 2. The zero-order chi connectivity index (χ0) is 16.4. The fraction of sp³-hybridized carbons (Fsp3) is 0.286. The van der Waals surface area contributed by atoms with Gasteiger partial charge in [-0.1, -0.05) is 12.1 Å². The molecule has 22 heavy (non-hydrogen) atoms. The van der Waals surface area contributed by atoms with E-state index in [4.69, 9.17) is 4.74 Å². The van der Waals surface area contributed by atoms with E-state index in [1.807, 2.05) is 0 Å². The molecule has 0 fully saturated rings. The number of carbonyl (C=O) groups is 2. The van der Waals surface area contributed by atoms with Crippen molar-refractivity contribution in [2.75, 3.05) is 14.2 Å². The third-order valence-corrected chi connectivity index (χ3v) is 3.57. The molecule has 8 nitrogen and oxygen atoms in total. The number of hydrogen-bond donors (Lipinski definition) is 1. The summed E-state index contributed by atoms with van der Waals surface area (Å²) in [6, 6.07) is 4.58. The Hall–Kier alpha value is -2.90. The number of benzene rings is 1. The Bertz CT molecular complexity index is 683. The Labute approximate surface area is 126 Å². The minimum Gasteiger partial charge on any atom is -0.466 e. The number of rotatable bonds is 3. The van der Waals surface area contributed by atoms with Crippen molar-refractivity contribution < 1.29 is 19.2 Å². The van der Waals surface area contributed by atoms with Crippen LogP contribution in [0.5, 0.6) is 0 Å². The summed E-state index contributed by atoms with van der Waals surface area (Å²) in [6.45, 7) is 1.62. The van der Waals surface area contributed by atoms with Crippen LogP contribution in [0.4, 0.5) is 10.5 Å². The molecule has 0 radical (unpaired) electrons. The average molecular weight is 305 g/mol. The van der Waals surface area contributed by atoms with E-state index < -0.39 is 23.0 Å². The summed E-state index contributed by atoms with van der Waals surface area (Å²) < 4.78 is 4.76. The molecule has 1 aliphatic rings. The molecule has 1 heterocycles. The van der Waals surface area contributed by atoms with Crippen LogP contribution in [0.3, 0.4) is 0 Å². The molecule has 0 bridgehead atoms. The number of methoxy groups -OCH3 is 1. The third kappa shape index (κ3) is 2.62. The standard InChI is InChI=1S/C14H15N3O5/c1-8-11(13(18)22-3)12(15-14(19)16(8)2)9-5-4-6-10(7-9)17(20)21/h4-7,12H,1-3H3,(H,15,19)/t12-/m1/s1. The fourth-order valence-corrected chi connectivity index (χ4v) is 2.28. The molecular weight excluding hydrogens is 290 g/mol. The van der Waals surface area contributed by atoms with Gasteiger partial charge in [-0.3, -0.25) is 10.1 Å². The van der Waals surface area contributed by atoms with Crippen molar-refractivity contribution in [2.24, 2.45) is 0 Å². The minimum absolute atomic E-state index is 0.118. The second-order valence-electron chi connectivity index (χ2n) is 4.78. The number of non-ortho nitro benzene ring substituents is 1. The molecule has 0 aromatic heterocycles. The Morgan fingerprint density at radius 3 is 2.73 bits per heavy atom. The van der Waals surface area contributed by atoms with Crippen LogP contribution in [0.25, 0.3) is 0 Å². The summed E-state index contributed by atoms with van der Waals surface area (Å²) in [4.78, 5) is 35.7. The normalized spacial score (nSPS) is 18.0. The van der Waals surface area contributed by atoms with E-state index in [1.54, 1.807) is 13.0 Å². The monoisotopic (exact) mass is 305 g/mol. The molecule has 1 aliphatic heterocycles. The van der Waals surface area contributed by atoms with E-state index in [0.29, 0.717) is 11.3 Å². The highest BCUT2D eigenvalue weighted by Gasteiger charge is 2.35. The van der Waals surface area contributed by atoms with Gasteiger partial charge in [-0.05, 0) is 12.5 Å². The van der Waals surface area contributed by atoms with Gasteiger partial charge in [-0.15, -0.1) is 0 Å². The van der Waals surface area contributed by atoms with Gasteiger partial charge in [0.15, 0.2) is 0 Å². The van der Waals surface area contributed by atoms with Crippen LogP contribution in [0, 0.1) is 10.1 Å². The van der Waals surface area contributed by atoms with Gasteiger partial charge < -0.3 is 15.0 Å². The van der Waals surface area contributed by atoms with Crippen molar-refractivity contribution in [3.8, 4) is 0 Å². The molecule has 0 saturated carbocycles. The fourth-order valence-electron chi connectivity index (χ4n) is 2.28. The molecule has 1 aromatic carbocycles. The van der Waals surface area contributed by atoms with Crippen molar-refractivity contribution in [1.82, 2.24) is 10.2 Å². The molecule has 8 heteroatoms. The summed E-state index contributed by atoms with van der Waals surface area (Å²) >= 11 is 0. The van der Waals surface area contributed by atoms with Crippen LogP contribution in [-0.2, 0) is 9.53 Å². The summed E-state index contributed by atoms with van der Waals surface area (Å²) in [6.07, 6.45) is 0. The number of nitrogens with zero attached hydrogens (tertiary/aromatic N) is 2. The van der Waals surface area contributed by atoms with Crippen molar-refractivity contribution in [1.29, 1.82) is 0 Å². The van der Waals surface area contributed by atoms with E-state index in [0.717, 1.165) is 0 Å². The van der Waals surface area contributed by atoms with Crippen LogP contribution in [0.1, 0.15) is 18.5 Å². The first-order chi connectivity index (χ1) is 10.4. The molecular formula is C14H15N3O5. The van der Waals surface area contributed by atoms with Crippen molar-refractivity contribution in [3.05, 3.63) is 51.2 Å². The second-order valence-corrected chi connectivity index (χ2v) is 4.78. The third-order valence-electron chi connectivity index (χ3n) is 3.57. The van der Waals surface area contributed by atoms with Crippen LogP contribution in [0.15, 0.2) is 35.5 Å². The zero-order valence-corrected chi connectivity index (χ0v) is 12.3. The largest absolute Gasteiger partial charge is 0.466 e. The maximum absolute atomic E-state index is 12.0. The SMILES string of the molecule is COC(=O)C1=C(C)N(C)C(=O)N[C@@H]1c1cccc([N+](=O)[O-])c1. The predicted octanol–water partition coefficient (Wildman–Crippen LogP) is 1.74. The molecule has 0 saturated heterocycles. The molecule has 1 atom stereocenters. The number of carbonyl (C=O) groups excluding carboxylic acids is 2. The Balaban J connectivity index is 2.56. The molecule has 1 aromatic rings. The van der Waals surface area contributed by atoms with Crippen LogP contribution >= 0.6 is 0 Å². The average Bonchev–Trinajstić information content (AvgIpc) is 2.51. The molecule has 0 spiro atoms. The lowest BCUT2D eigenvalue weighted by molar-refractivity contribution is -0.384. The lowest BCUT2D eigenvalue weighted by atomic mass is 9.95. The molecule has 1 N–H and O–H groups in total. The number of esters is 1. The molecule has 0 aliphatic carbocycles. The topological polar surface area (TPSA) is 102 Å². The Morgan fingerprint density at radius 2 is 2.14 bits per heavy atom. The quantitative estimate of drug-likeness (QED) is 0.520. The lowest BCUT2D eigenvalue weighted by Gasteiger charge is -2.32. The summed E-state index contributed by atoms with van der Waals surface area (Å²) in [5.74, 6) is -0.596. The van der Waals surface area contributed by atoms with E-state index in [-0.39, 0.29) is 11.3 Å². The number of hydrogen-bond acceptors (Lipinski definition) is 5. The van der Waals surface area contributed by atoms with Crippen molar-refractivity contribution >= 4 is 17.7 Å². The van der Waals surface area contributed by atoms with E-state index in [1.165, 1.54) is 37.3 Å². The summed E-state index contributed by atoms with van der Waals surface area (Å²) in [5, 5.41) is 13.5. The number of urea groups is 1. The van der Waals surface area contributed by atoms with Crippen LogP contribution in [0.2, 0.25) is 0 Å². The van der Waals surface area contributed by atoms with Gasteiger partial charge in [0, 0.05) is 24.9 Å². The van der Waals surface area contributed by atoms with Gasteiger partial charge in [0.2, 0.25) is 0 Å². The number of nitro groups is 1. The highest BCUT2D eigenvalue weighted by Crippen LogP contribution is 2.31. The summed E-state index contributed by atoms with van der Waals surface area (Å²) in [7, 11) is 2.76. The van der Waals surface area contributed by atoms with Gasteiger partial charge in [0.25, 0.3) is 5.69 Å². The van der Waals surface area contributed by atoms with Gasteiger partial charge in [0.05, 0.1) is 23.6 Å². The number of nitrogens with one attached hydrogen (secondary N) is 1. The highest BCUT2D eigenvalue weighted by atomic mass is 16.6.